The Bertz CT molecular complexity index is 529. The molecule has 0 saturated heterocycles. The van der Waals surface area contributed by atoms with E-state index >= 15 is 0 Å². The van der Waals surface area contributed by atoms with Gasteiger partial charge in [-0.2, -0.15) is 0 Å². The summed E-state index contributed by atoms with van der Waals surface area (Å²) in [4.78, 5) is 3.77. The van der Waals surface area contributed by atoms with Gasteiger partial charge >= 0.3 is 0 Å². The van der Waals surface area contributed by atoms with Crippen molar-refractivity contribution >= 4 is 33.2 Å². The van der Waals surface area contributed by atoms with Crippen molar-refractivity contribution in [2.45, 2.75) is 30.7 Å². The molecule has 1 heterocycles. The van der Waals surface area contributed by atoms with Crippen molar-refractivity contribution in [3.05, 3.63) is 22.4 Å². The molecule has 1 aromatic rings. The molecule has 0 radical (unpaired) electrons. The molecule has 1 aliphatic rings. The van der Waals surface area contributed by atoms with Gasteiger partial charge in [-0.15, -0.1) is 0 Å². The molecule has 94 valence electrons. The maximum Gasteiger partial charge on any atom is 0.242 e. The molecule has 0 spiro atoms. The zero-order chi connectivity index (χ0) is 12.6. The van der Waals surface area contributed by atoms with Crippen LogP contribution in [0.5, 0.6) is 0 Å². The highest BCUT2D eigenvalue weighted by atomic mass is 35.5. The van der Waals surface area contributed by atoms with Gasteiger partial charge in [-0.25, -0.2) is 18.1 Å². The fourth-order valence-electron chi connectivity index (χ4n) is 1.56. The van der Waals surface area contributed by atoms with E-state index in [-0.39, 0.29) is 21.1 Å². The third-order valence-electron chi connectivity index (χ3n) is 2.75. The molecule has 1 fully saturated rings. The molecule has 1 atom stereocenters. The van der Waals surface area contributed by atoms with Crippen molar-refractivity contribution in [2.75, 3.05) is 0 Å². The first-order valence-corrected chi connectivity index (χ1v) is 7.47. The van der Waals surface area contributed by atoms with E-state index in [1.807, 2.05) is 6.92 Å². The van der Waals surface area contributed by atoms with Gasteiger partial charge < -0.3 is 0 Å². The van der Waals surface area contributed by atoms with Crippen LogP contribution in [0.4, 0.5) is 0 Å². The normalized spacial score (nSPS) is 18.1. The van der Waals surface area contributed by atoms with Crippen molar-refractivity contribution in [3.63, 3.8) is 0 Å². The highest BCUT2D eigenvalue weighted by molar-refractivity contribution is 7.89. The van der Waals surface area contributed by atoms with Crippen LogP contribution >= 0.6 is 23.2 Å². The van der Waals surface area contributed by atoms with Gasteiger partial charge in [0.25, 0.3) is 0 Å². The van der Waals surface area contributed by atoms with Crippen molar-refractivity contribution in [2.24, 2.45) is 5.92 Å². The van der Waals surface area contributed by atoms with Gasteiger partial charge in [-0.1, -0.05) is 23.2 Å². The van der Waals surface area contributed by atoms with Crippen molar-refractivity contribution in [3.8, 4) is 0 Å². The van der Waals surface area contributed by atoms with Gasteiger partial charge in [0.15, 0.2) is 0 Å². The van der Waals surface area contributed by atoms with Gasteiger partial charge in [0.1, 0.15) is 10.0 Å². The lowest BCUT2D eigenvalue weighted by atomic mass is 10.2. The van der Waals surface area contributed by atoms with Crippen LogP contribution < -0.4 is 4.72 Å². The van der Waals surface area contributed by atoms with Crippen molar-refractivity contribution in [1.29, 1.82) is 0 Å². The minimum absolute atomic E-state index is 0.0411. The Kier molecular flexibility index (Phi) is 3.63. The number of rotatable bonds is 4. The number of pyridine rings is 1. The quantitative estimate of drug-likeness (QED) is 0.868. The summed E-state index contributed by atoms with van der Waals surface area (Å²) in [6.07, 6.45) is 3.35. The number of aromatic nitrogens is 1. The van der Waals surface area contributed by atoms with E-state index in [0.717, 1.165) is 12.8 Å². The SMILES string of the molecule is CC(NS(=O)(=O)c1cnc(Cl)c(Cl)c1)C1CC1. The average Bonchev–Trinajstić information content (AvgIpc) is 3.04. The predicted octanol–water partition coefficient (Wildman–Crippen LogP) is 2.47. The summed E-state index contributed by atoms with van der Waals surface area (Å²) >= 11 is 11.4. The van der Waals surface area contributed by atoms with Crippen LogP contribution in [0.1, 0.15) is 19.8 Å². The summed E-state index contributed by atoms with van der Waals surface area (Å²) in [5.41, 5.74) is 0. The van der Waals surface area contributed by atoms with Gasteiger partial charge in [0, 0.05) is 12.2 Å². The van der Waals surface area contributed by atoms with Crippen LogP contribution in [0.2, 0.25) is 10.2 Å². The second-order valence-corrected chi connectivity index (χ2v) is 6.67. The fraction of sp³-hybridized carbons (Fsp3) is 0.500. The second kappa shape index (κ2) is 4.72. The monoisotopic (exact) mass is 294 g/mol. The first-order valence-electron chi connectivity index (χ1n) is 5.23. The minimum atomic E-state index is -3.56. The molecule has 0 aromatic carbocycles. The number of hydrogen-bond donors (Lipinski definition) is 1. The molecule has 7 heteroatoms. The number of nitrogens with zero attached hydrogens (tertiary/aromatic N) is 1. The van der Waals surface area contributed by atoms with E-state index < -0.39 is 10.0 Å². The molecule has 1 saturated carbocycles. The van der Waals surface area contributed by atoms with Gasteiger partial charge in [0.2, 0.25) is 10.0 Å². The summed E-state index contributed by atoms with van der Waals surface area (Å²) < 4.78 is 26.6. The van der Waals surface area contributed by atoms with E-state index in [2.05, 4.69) is 9.71 Å². The number of hydrogen-bond acceptors (Lipinski definition) is 3. The van der Waals surface area contributed by atoms with Crippen molar-refractivity contribution < 1.29 is 8.42 Å². The van der Waals surface area contributed by atoms with Gasteiger partial charge in [0.05, 0.1) is 5.02 Å². The molecule has 0 amide bonds. The van der Waals surface area contributed by atoms with Crippen LogP contribution in [0.3, 0.4) is 0 Å². The van der Waals surface area contributed by atoms with E-state index in [9.17, 15) is 8.42 Å². The lowest BCUT2D eigenvalue weighted by Gasteiger charge is -2.13. The molecule has 1 aliphatic carbocycles. The Morgan fingerprint density at radius 3 is 2.65 bits per heavy atom. The summed E-state index contributed by atoms with van der Waals surface area (Å²) in [6, 6.07) is 1.24. The Hall–Kier alpha value is -0.360. The molecule has 0 aliphatic heterocycles. The summed E-state index contributed by atoms with van der Waals surface area (Å²) in [5, 5.41) is 0.231. The Labute approximate surface area is 110 Å². The lowest BCUT2D eigenvalue weighted by Crippen LogP contribution is -2.34. The maximum absolute atomic E-state index is 12.0. The Morgan fingerprint density at radius 2 is 2.12 bits per heavy atom. The van der Waals surface area contributed by atoms with Crippen LogP contribution in [0, 0.1) is 5.92 Å². The highest BCUT2D eigenvalue weighted by Gasteiger charge is 2.31. The van der Waals surface area contributed by atoms with E-state index in [4.69, 9.17) is 23.2 Å². The topological polar surface area (TPSA) is 59.1 Å². The molecule has 17 heavy (non-hydrogen) atoms. The number of sulfonamides is 1. The van der Waals surface area contributed by atoms with Crippen LogP contribution in [0.25, 0.3) is 0 Å². The average molecular weight is 295 g/mol. The van der Waals surface area contributed by atoms with E-state index in [0.29, 0.717) is 5.92 Å². The molecule has 1 aromatic heterocycles. The molecule has 1 unspecified atom stereocenters. The molecule has 2 rings (SSSR count). The van der Waals surface area contributed by atoms with E-state index in [1.165, 1.54) is 12.3 Å². The van der Waals surface area contributed by atoms with Crippen LogP contribution in [-0.2, 0) is 10.0 Å². The summed E-state index contributed by atoms with van der Waals surface area (Å²) in [6.45, 7) is 1.86. The molecule has 0 bridgehead atoms. The predicted molar refractivity (Wildman–Crippen MR) is 66.8 cm³/mol. The first-order chi connectivity index (χ1) is 7.90. The molecular weight excluding hydrogens is 283 g/mol. The number of halogens is 2. The minimum Gasteiger partial charge on any atom is -0.242 e. The summed E-state index contributed by atoms with van der Waals surface area (Å²) in [7, 11) is -3.56. The third-order valence-corrected chi connectivity index (χ3v) is 4.96. The fourth-order valence-corrected chi connectivity index (χ4v) is 3.17. The van der Waals surface area contributed by atoms with Gasteiger partial charge in [-0.05, 0) is 31.7 Å². The van der Waals surface area contributed by atoms with Crippen molar-refractivity contribution in [1.82, 2.24) is 9.71 Å². The lowest BCUT2D eigenvalue weighted by molar-refractivity contribution is 0.538. The Morgan fingerprint density at radius 1 is 1.47 bits per heavy atom. The molecule has 4 nitrogen and oxygen atoms in total. The van der Waals surface area contributed by atoms with E-state index in [1.54, 1.807) is 0 Å². The van der Waals surface area contributed by atoms with Gasteiger partial charge in [-0.3, -0.25) is 0 Å². The standard InChI is InChI=1S/C10H12Cl2N2O2S/c1-6(7-2-3-7)14-17(15,16)8-4-9(11)10(12)13-5-8/h4-7,14H,2-3H2,1H3. The zero-order valence-electron chi connectivity index (χ0n) is 9.15. The third kappa shape index (κ3) is 3.10. The maximum atomic E-state index is 12.0. The Balaban J connectivity index is 2.21. The largest absolute Gasteiger partial charge is 0.242 e. The van der Waals surface area contributed by atoms with Crippen LogP contribution in [0.15, 0.2) is 17.2 Å². The first kappa shape index (κ1) is 13.1. The molecule has 1 N–H and O–H groups in total. The highest BCUT2D eigenvalue weighted by Crippen LogP contribution is 2.33. The second-order valence-electron chi connectivity index (χ2n) is 4.19. The summed E-state index contributed by atoms with van der Waals surface area (Å²) in [5.74, 6) is 0.445. The number of nitrogens with one attached hydrogen (secondary N) is 1. The van der Waals surface area contributed by atoms with Crippen LogP contribution in [-0.4, -0.2) is 19.4 Å². The zero-order valence-corrected chi connectivity index (χ0v) is 11.5. The smallest absolute Gasteiger partial charge is 0.242 e. The molecular formula is C10H12Cl2N2O2S.